The Balaban J connectivity index is 2.59. The summed E-state index contributed by atoms with van der Waals surface area (Å²) in [5.74, 6) is 0.987. The van der Waals surface area contributed by atoms with Crippen LogP contribution in [0.4, 0.5) is 0 Å². The van der Waals surface area contributed by atoms with Gasteiger partial charge < -0.3 is 10.1 Å². The van der Waals surface area contributed by atoms with Crippen molar-refractivity contribution in [3.63, 3.8) is 0 Å². The Kier molecular flexibility index (Phi) is 6.93. The highest BCUT2D eigenvalue weighted by Gasteiger charge is 2.13. The molecule has 0 fully saturated rings. The second-order valence-electron chi connectivity index (χ2n) is 5.53. The summed E-state index contributed by atoms with van der Waals surface area (Å²) >= 11 is 0. The Bertz CT molecular complexity index is 376. The maximum atomic E-state index is 5.49. The van der Waals surface area contributed by atoms with E-state index >= 15 is 0 Å². The van der Waals surface area contributed by atoms with Crippen LogP contribution in [-0.2, 0) is 0 Å². The lowest BCUT2D eigenvalue weighted by molar-refractivity contribution is 0.390. The molecule has 2 atom stereocenters. The molecule has 19 heavy (non-hydrogen) atoms. The lowest BCUT2D eigenvalue weighted by Crippen LogP contribution is -2.29. The molecule has 2 nitrogen and oxygen atoms in total. The molecule has 1 aromatic carbocycles. The summed E-state index contributed by atoms with van der Waals surface area (Å²) in [5, 5.41) is 3.67. The fraction of sp³-hybridized carbons (Fsp3) is 0.647. The van der Waals surface area contributed by atoms with Crippen molar-refractivity contribution in [2.24, 2.45) is 0 Å². The first-order chi connectivity index (χ1) is 9.08. The normalized spacial score (nSPS) is 14.2. The lowest BCUT2D eigenvalue weighted by atomic mass is 10.0. The van der Waals surface area contributed by atoms with Gasteiger partial charge in [0.05, 0.1) is 7.11 Å². The highest BCUT2D eigenvalue weighted by molar-refractivity contribution is 5.39. The Morgan fingerprint density at radius 2 is 1.95 bits per heavy atom. The highest BCUT2D eigenvalue weighted by Crippen LogP contribution is 2.26. The number of rotatable bonds is 8. The molecular formula is C17H29NO. The van der Waals surface area contributed by atoms with Gasteiger partial charge in [0.2, 0.25) is 0 Å². The van der Waals surface area contributed by atoms with Gasteiger partial charge in [0.25, 0.3) is 0 Å². The monoisotopic (exact) mass is 263 g/mol. The number of benzene rings is 1. The number of hydrogen-bond donors (Lipinski definition) is 1. The minimum atomic E-state index is 0.326. The van der Waals surface area contributed by atoms with E-state index in [1.165, 1.54) is 36.8 Å². The van der Waals surface area contributed by atoms with Crippen LogP contribution in [0.15, 0.2) is 18.2 Å². The molecule has 2 unspecified atom stereocenters. The predicted octanol–water partition coefficient (Wildman–Crippen LogP) is 4.62. The van der Waals surface area contributed by atoms with E-state index in [4.69, 9.17) is 4.74 Å². The maximum Gasteiger partial charge on any atom is 0.123 e. The maximum absolute atomic E-state index is 5.49. The van der Waals surface area contributed by atoms with E-state index in [0.717, 1.165) is 5.75 Å². The topological polar surface area (TPSA) is 21.3 Å². The van der Waals surface area contributed by atoms with Gasteiger partial charge in [-0.15, -0.1) is 0 Å². The number of hydrogen-bond acceptors (Lipinski definition) is 2. The van der Waals surface area contributed by atoms with Crippen molar-refractivity contribution < 1.29 is 4.74 Å². The molecule has 0 radical (unpaired) electrons. The van der Waals surface area contributed by atoms with Gasteiger partial charge in [-0.1, -0.05) is 38.3 Å². The lowest BCUT2D eigenvalue weighted by Gasteiger charge is -2.22. The van der Waals surface area contributed by atoms with Crippen molar-refractivity contribution >= 4 is 0 Å². The summed E-state index contributed by atoms with van der Waals surface area (Å²) in [5.41, 5.74) is 2.49. The molecule has 0 aliphatic carbocycles. The van der Waals surface area contributed by atoms with E-state index in [9.17, 15) is 0 Å². The number of ether oxygens (including phenoxy) is 1. The molecule has 0 spiro atoms. The van der Waals surface area contributed by atoms with E-state index in [-0.39, 0.29) is 0 Å². The van der Waals surface area contributed by atoms with Gasteiger partial charge in [0, 0.05) is 17.6 Å². The van der Waals surface area contributed by atoms with Gasteiger partial charge in [-0.05, 0) is 38.8 Å². The highest BCUT2D eigenvalue weighted by atomic mass is 16.5. The molecule has 0 aliphatic rings. The van der Waals surface area contributed by atoms with Gasteiger partial charge in [0.1, 0.15) is 5.75 Å². The average Bonchev–Trinajstić information content (AvgIpc) is 2.38. The van der Waals surface area contributed by atoms with Crippen molar-refractivity contribution in [3.05, 3.63) is 29.3 Å². The second-order valence-corrected chi connectivity index (χ2v) is 5.53. The standard InChI is InChI=1S/C17H29NO/c1-6-7-8-9-14(3)18-15(4)16-11-10-13(2)12-17(16)19-5/h10-12,14-15,18H,6-9H2,1-5H3. The quantitative estimate of drug-likeness (QED) is 0.691. The van der Waals surface area contributed by atoms with Gasteiger partial charge in [0.15, 0.2) is 0 Å². The van der Waals surface area contributed by atoms with Crippen LogP contribution in [0.25, 0.3) is 0 Å². The summed E-state index contributed by atoms with van der Waals surface area (Å²) in [7, 11) is 1.75. The summed E-state index contributed by atoms with van der Waals surface area (Å²) in [6.07, 6.45) is 5.16. The third-order valence-electron chi connectivity index (χ3n) is 3.63. The third-order valence-corrected chi connectivity index (χ3v) is 3.63. The molecule has 1 rings (SSSR count). The SMILES string of the molecule is CCCCCC(C)NC(C)c1ccc(C)cc1OC. The van der Waals surface area contributed by atoms with Crippen molar-refractivity contribution in [2.75, 3.05) is 7.11 Å². The zero-order chi connectivity index (χ0) is 14.3. The summed E-state index contributed by atoms with van der Waals surface area (Å²) in [4.78, 5) is 0. The van der Waals surface area contributed by atoms with Crippen LogP contribution in [0.2, 0.25) is 0 Å². The predicted molar refractivity (Wildman–Crippen MR) is 82.9 cm³/mol. The fourth-order valence-corrected chi connectivity index (χ4v) is 2.48. The summed E-state index contributed by atoms with van der Waals surface area (Å²) in [6.45, 7) is 8.83. The molecular weight excluding hydrogens is 234 g/mol. The molecule has 0 saturated carbocycles. The second kappa shape index (κ2) is 8.21. The first-order valence-electron chi connectivity index (χ1n) is 7.49. The first-order valence-corrected chi connectivity index (χ1v) is 7.49. The number of unbranched alkanes of at least 4 members (excludes halogenated alkanes) is 2. The number of nitrogens with one attached hydrogen (secondary N) is 1. The van der Waals surface area contributed by atoms with Crippen LogP contribution < -0.4 is 10.1 Å². The Hall–Kier alpha value is -1.02. The Morgan fingerprint density at radius 3 is 2.58 bits per heavy atom. The van der Waals surface area contributed by atoms with E-state index < -0.39 is 0 Å². The zero-order valence-corrected chi connectivity index (χ0v) is 13.1. The molecule has 1 aromatic rings. The van der Waals surface area contributed by atoms with E-state index in [2.05, 4.69) is 51.2 Å². The first kappa shape index (κ1) is 16.0. The van der Waals surface area contributed by atoms with Crippen molar-refractivity contribution in [1.29, 1.82) is 0 Å². The van der Waals surface area contributed by atoms with E-state index in [1.807, 2.05) is 0 Å². The fourth-order valence-electron chi connectivity index (χ4n) is 2.48. The smallest absolute Gasteiger partial charge is 0.123 e. The van der Waals surface area contributed by atoms with Crippen molar-refractivity contribution in [3.8, 4) is 5.75 Å². The molecule has 0 bridgehead atoms. The van der Waals surface area contributed by atoms with Crippen LogP contribution in [0.1, 0.15) is 63.6 Å². The minimum Gasteiger partial charge on any atom is -0.496 e. The molecule has 2 heteroatoms. The summed E-state index contributed by atoms with van der Waals surface area (Å²) < 4.78 is 5.49. The Morgan fingerprint density at radius 1 is 1.21 bits per heavy atom. The molecule has 0 aromatic heterocycles. The van der Waals surface area contributed by atoms with Crippen LogP contribution in [0.3, 0.4) is 0 Å². The van der Waals surface area contributed by atoms with E-state index in [1.54, 1.807) is 7.11 Å². The van der Waals surface area contributed by atoms with Gasteiger partial charge in [-0.25, -0.2) is 0 Å². The Labute approximate surface area is 118 Å². The molecule has 1 N–H and O–H groups in total. The van der Waals surface area contributed by atoms with Crippen LogP contribution >= 0.6 is 0 Å². The van der Waals surface area contributed by atoms with Gasteiger partial charge in [-0.3, -0.25) is 0 Å². The number of aryl methyl sites for hydroxylation is 1. The summed E-state index contributed by atoms with van der Waals surface area (Å²) in [6, 6.07) is 7.30. The number of methoxy groups -OCH3 is 1. The molecule has 0 saturated heterocycles. The average molecular weight is 263 g/mol. The van der Waals surface area contributed by atoms with Crippen molar-refractivity contribution in [1.82, 2.24) is 5.32 Å². The third kappa shape index (κ3) is 5.23. The molecule has 0 aliphatic heterocycles. The van der Waals surface area contributed by atoms with Gasteiger partial charge >= 0.3 is 0 Å². The van der Waals surface area contributed by atoms with E-state index in [0.29, 0.717) is 12.1 Å². The van der Waals surface area contributed by atoms with Crippen molar-refractivity contribution in [2.45, 2.75) is 65.5 Å². The largest absolute Gasteiger partial charge is 0.496 e. The zero-order valence-electron chi connectivity index (χ0n) is 13.1. The molecule has 108 valence electrons. The van der Waals surface area contributed by atoms with Gasteiger partial charge in [-0.2, -0.15) is 0 Å². The molecule has 0 amide bonds. The minimum absolute atomic E-state index is 0.326. The van der Waals surface area contributed by atoms with Crippen LogP contribution in [-0.4, -0.2) is 13.2 Å². The molecule has 0 heterocycles. The van der Waals surface area contributed by atoms with Crippen LogP contribution in [0.5, 0.6) is 5.75 Å². The van der Waals surface area contributed by atoms with Crippen LogP contribution in [0, 0.1) is 6.92 Å².